The molecule has 0 aromatic carbocycles. The molecule has 0 amide bonds. The molecule has 0 aliphatic carbocycles. The van der Waals surface area contributed by atoms with Crippen molar-refractivity contribution in [2.45, 2.75) is 0 Å². The Morgan fingerprint density at radius 2 is 2.62 bits per heavy atom. The van der Waals surface area contributed by atoms with E-state index in [1.54, 1.807) is 6.20 Å². The lowest BCUT2D eigenvalue weighted by molar-refractivity contribution is -0.104. The highest BCUT2D eigenvalue weighted by atomic mass is 32.2. The molecule has 0 N–H and O–H groups in total. The molecule has 2 nitrogen and oxygen atoms in total. The van der Waals surface area contributed by atoms with Gasteiger partial charge in [-0.2, -0.15) is 10.9 Å². The highest BCUT2D eigenvalue weighted by molar-refractivity contribution is 8.31. The molecule has 1 aliphatic rings. The summed E-state index contributed by atoms with van der Waals surface area (Å²) in [5, 5.41) is 0. The zero-order chi connectivity index (χ0) is 5.98. The van der Waals surface area contributed by atoms with Gasteiger partial charge in [0, 0.05) is 11.7 Å². The molecular weight excluding hydrogens is 122 g/mol. The van der Waals surface area contributed by atoms with Crippen LogP contribution in [0, 0.1) is 0 Å². The van der Waals surface area contributed by atoms with Crippen LogP contribution in [0.25, 0.3) is 0 Å². The third-order valence-electron chi connectivity index (χ3n) is 0.975. The van der Waals surface area contributed by atoms with Crippen molar-refractivity contribution in [1.82, 2.24) is 0 Å². The summed E-state index contributed by atoms with van der Waals surface area (Å²) in [7, 11) is -0.327. The predicted molar refractivity (Wildman–Crippen MR) is 37.5 cm³/mol. The van der Waals surface area contributed by atoms with Crippen molar-refractivity contribution in [3.8, 4) is 0 Å². The van der Waals surface area contributed by atoms with Gasteiger partial charge < -0.3 is 0 Å². The maximum atomic E-state index is 10.1. The summed E-state index contributed by atoms with van der Waals surface area (Å²) in [6.45, 7) is 0. The first-order chi connectivity index (χ1) is 3.84. The molecular formula is C5H7NOS. The Morgan fingerprint density at radius 1 is 1.88 bits per heavy atom. The normalized spacial score (nSPS) is 30.1. The first-order valence-corrected chi connectivity index (χ1v) is 4.12. The standard InChI is InChI=1S/C5H7NOS/c1-8-4-6-2-5(8)3-7/h2-4,8H,1H3. The molecule has 0 aromatic heterocycles. The quantitative estimate of drug-likeness (QED) is 0.410. The van der Waals surface area contributed by atoms with E-state index in [0.717, 1.165) is 11.2 Å². The molecule has 0 saturated carbocycles. The molecule has 0 fully saturated rings. The first kappa shape index (κ1) is 5.56. The van der Waals surface area contributed by atoms with Crippen LogP contribution in [0.3, 0.4) is 0 Å². The van der Waals surface area contributed by atoms with Crippen molar-refractivity contribution in [3.05, 3.63) is 11.1 Å². The van der Waals surface area contributed by atoms with Gasteiger partial charge in [-0.1, -0.05) is 0 Å². The SMILES string of the molecule is C[SH]1C=NC=C1C=O. The molecule has 1 unspecified atom stereocenters. The van der Waals surface area contributed by atoms with Crippen molar-refractivity contribution in [3.63, 3.8) is 0 Å². The topological polar surface area (TPSA) is 29.4 Å². The Kier molecular flexibility index (Phi) is 1.48. The smallest absolute Gasteiger partial charge is 0.156 e. The maximum Gasteiger partial charge on any atom is 0.156 e. The molecule has 0 saturated heterocycles. The van der Waals surface area contributed by atoms with Crippen molar-refractivity contribution < 1.29 is 4.79 Å². The summed E-state index contributed by atoms with van der Waals surface area (Å²) >= 11 is 0. The fourth-order valence-electron chi connectivity index (χ4n) is 0.481. The largest absolute Gasteiger partial charge is 0.297 e. The van der Waals surface area contributed by atoms with Crippen LogP contribution >= 0.6 is 10.9 Å². The van der Waals surface area contributed by atoms with E-state index in [1.165, 1.54) is 0 Å². The second-order valence-corrected chi connectivity index (χ2v) is 3.52. The molecule has 1 aliphatic heterocycles. The number of carbonyl (C=O) groups is 1. The molecule has 0 spiro atoms. The Morgan fingerprint density at radius 3 is 2.88 bits per heavy atom. The predicted octanol–water partition coefficient (Wildman–Crippen LogP) is 0.700. The molecule has 1 rings (SSSR count). The van der Waals surface area contributed by atoms with Gasteiger partial charge in [0.05, 0.1) is 4.91 Å². The Labute approximate surface area is 50.7 Å². The fourth-order valence-corrected chi connectivity index (χ4v) is 1.30. The Bertz CT molecular complexity index is 162. The number of rotatable bonds is 1. The van der Waals surface area contributed by atoms with Crippen molar-refractivity contribution in [1.29, 1.82) is 0 Å². The van der Waals surface area contributed by atoms with E-state index in [1.807, 2.05) is 11.8 Å². The second-order valence-electron chi connectivity index (χ2n) is 1.55. The van der Waals surface area contributed by atoms with Crippen LogP contribution in [0.2, 0.25) is 0 Å². The number of thiol groups is 1. The number of hydrogen-bond acceptors (Lipinski definition) is 2. The average molecular weight is 129 g/mol. The highest BCUT2D eigenvalue weighted by Crippen LogP contribution is 2.30. The number of aldehydes is 1. The van der Waals surface area contributed by atoms with Crippen LogP contribution in [0.4, 0.5) is 0 Å². The van der Waals surface area contributed by atoms with Gasteiger partial charge in [-0.15, -0.1) is 0 Å². The van der Waals surface area contributed by atoms with Crippen molar-refractivity contribution in [2.24, 2.45) is 4.99 Å². The van der Waals surface area contributed by atoms with Crippen LogP contribution in [0.1, 0.15) is 0 Å². The number of carbonyl (C=O) groups excluding carboxylic acids is 1. The summed E-state index contributed by atoms with van der Waals surface area (Å²) in [6, 6.07) is 0. The van der Waals surface area contributed by atoms with Gasteiger partial charge in [-0.05, 0) is 6.26 Å². The van der Waals surface area contributed by atoms with E-state index in [2.05, 4.69) is 4.99 Å². The molecule has 8 heavy (non-hydrogen) atoms. The molecule has 3 heteroatoms. The molecule has 0 bridgehead atoms. The number of nitrogens with zero attached hydrogens (tertiary/aromatic N) is 1. The monoisotopic (exact) mass is 129 g/mol. The van der Waals surface area contributed by atoms with Crippen molar-refractivity contribution in [2.75, 3.05) is 6.26 Å². The van der Waals surface area contributed by atoms with Crippen LogP contribution in [0.5, 0.6) is 0 Å². The van der Waals surface area contributed by atoms with Gasteiger partial charge >= 0.3 is 0 Å². The maximum absolute atomic E-state index is 10.1. The third-order valence-corrected chi connectivity index (χ3v) is 2.49. The minimum Gasteiger partial charge on any atom is -0.297 e. The third kappa shape index (κ3) is 0.816. The van der Waals surface area contributed by atoms with E-state index in [0.29, 0.717) is 0 Å². The number of allylic oxidation sites excluding steroid dienone is 1. The van der Waals surface area contributed by atoms with Gasteiger partial charge in [-0.3, -0.25) is 9.79 Å². The van der Waals surface area contributed by atoms with Crippen molar-refractivity contribution >= 4 is 22.7 Å². The van der Waals surface area contributed by atoms with E-state index in [-0.39, 0.29) is 10.9 Å². The summed E-state index contributed by atoms with van der Waals surface area (Å²) in [6.07, 6.45) is 4.50. The zero-order valence-electron chi connectivity index (χ0n) is 4.53. The molecule has 1 heterocycles. The molecule has 44 valence electrons. The van der Waals surface area contributed by atoms with Crippen LogP contribution in [0.15, 0.2) is 16.1 Å². The van der Waals surface area contributed by atoms with Gasteiger partial charge in [0.15, 0.2) is 6.29 Å². The van der Waals surface area contributed by atoms with E-state index < -0.39 is 0 Å². The Balaban J connectivity index is 2.72. The van der Waals surface area contributed by atoms with Gasteiger partial charge in [0.2, 0.25) is 0 Å². The molecule has 0 aromatic rings. The lowest BCUT2D eigenvalue weighted by Crippen LogP contribution is -1.79. The van der Waals surface area contributed by atoms with Gasteiger partial charge in [0.25, 0.3) is 0 Å². The molecule has 0 radical (unpaired) electrons. The van der Waals surface area contributed by atoms with E-state index in [4.69, 9.17) is 0 Å². The van der Waals surface area contributed by atoms with Crippen LogP contribution in [-0.2, 0) is 4.79 Å². The number of aliphatic imine (C=N–C) groups is 1. The first-order valence-electron chi connectivity index (χ1n) is 2.26. The molecule has 1 atom stereocenters. The lowest BCUT2D eigenvalue weighted by atomic mass is 10.7. The zero-order valence-corrected chi connectivity index (χ0v) is 5.43. The average Bonchev–Trinajstić information content (AvgIpc) is 2.14. The second kappa shape index (κ2) is 2.13. The Hall–Kier alpha value is -0.570. The number of hydrogen-bond donors (Lipinski definition) is 1. The highest BCUT2D eigenvalue weighted by Gasteiger charge is 2.03. The van der Waals surface area contributed by atoms with E-state index in [9.17, 15) is 4.79 Å². The fraction of sp³-hybridized carbons (Fsp3) is 0.200. The van der Waals surface area contributed by atoms with E-state index >= 15 is 0 Å². The van der Waals surface area contributed by atoms with Gasteiger partial charge in [-0.25, -0.2) is 0 Å². The minimum atomic E-state index is -0.327. The minimum absolute atomic E-state index is 0.327. The summed E-state index contributed by atoms with van der Waals surface area (Å²) in [5.41, 5.74) is 1.82. The summed E-state index contributed by atoms with van der Waals surface area (Å²) in [4.78, 5) is 14.7. The summed E-state index contributed by atoms with van der Waals surface area (Å²) < 4.78 is 0. The lowest BCUT2D eigenvalue weighted by Gasteiger charge is -1.99. The summed E-state index contributed by atoms with van der Waals surface area (Å²) in [5.74, 6) is 0. The van der Waals surface area contributed by atoms with Crippen LogP contribution in [-0.4, -0.2) is 18.1 Å². The van der Waals surface area contributed by atoms with Gasteiger partial charge in [0.1, 0.15) is 0 Å². The van der Waals surface area contributed by atoms with Crippen LogP contribution < -0.4 is 0 Å².